The number of rotatable bonds is 7. The smallest absolute Gasteiger partial charge is 0.219 e. The number of methoxy groups -OCH3 is 2. The van der Waals surface area contributed by atoms with Gasteiger partial charge in [0.1, 0.15) is 0 Å². The van der Waals surface area contributed by atoms with Crippen LogP contribution in [0.15, 0.2) is 18.2 Å². The van der Waals surface area contributed by atoms with E-state index in [1.807, 2.05) is 11.0 Å². The van der Waals surface area contributed by atoms with E-state index in [1.54, 1.807) is 21.1 Å². The molecule has 0 saturated carbocycles. The van der Waals surface area contributed by atoms with Gasteiger partial charge >= 0.3 is 0 Å². The Morgan fingerprint density at radius 2 is 1.83 bits per heavy atom. The summed E-state index contributed by atoms with van der Waals surface area (Å²) in [5.74, 6) is 1.80. The van der Waals surface area contributed by atoms with Gasteiger partial charge in [-0.05, 0) is 63.4 Å². The minimum atomic E-state index is 0.217. The van der Waals surface area contributed by atoms with Crippen molar-refractivity contribution in [1.82, 2.24) is 14.7 Å². The molecule has 162 valence electrons. The van der Waals surface area contributed by atoms with Crippen LogP contribution >= 0.6 is 0 Å². The van der Waals surface area contributed by atoms with Crippen LogP contribution in [0.1, 0.15) is 38.2 Å². The number of carbonyl (C=O) groups is 1. The molecule has 6 nitrogen and oxygen atoms in total. The number of piperidine rings is 2. The maximum atomic E-state index is 11.6. The van der Waals surface area contributed by atoms with Gasteiger partial charge in [0.2, 0.25) is 5.91 Å². The molecule has 3 rings (SSSR count). The minimum Gasteiger partial charge on any atom is -0.493 e. The number of nitrogens with zero attached hydrogens (tertiary/aromatic N) is 3. The van der Waals surface area contributed by atoms with Gasteiger partial charge in [-0.1, -0.05) is 6.07 Å². The standard InChI is InChI=1S/C23H37N3O3/c1-18(27)25-14-10-20(11-15-25)26-12-5-6-21(17-26)24(2)13-9-19-7-8-22(28-3)23(16-19)29-4/h7-8,16,20-21H,5-6,9-15,17H2,1-4H3/t21-/m0/s1. The quantitative estimate of drug-likeness (QED) is 0.700. The Labute approximate surface area is 175 Å². The summed E-state index contributed by atoms with van der Waals surface area (Å²) in [4.78, 5) is 18.8. The van der Waals surface area contributed by atoms with E-state index in [2.05, 4.69) is 29.0 Å². The number of hydrogen-bond acceptors (Lipinski definition) is 5. The van der Waals surface area contributed by atoms with Gasteiger partial charge in [0.25, 0.3) is 0 Å². The minimum absolute atomic E-state index is 0.217. The molecule has 2 aliphatic heterocycles. The Balaban J connectivity index is 1.49. The van der Waals surface area contributed by atoms with E-state index in [0.29, 0.717) is 12.1 Å². The van der Waals surface area contributed by atoms with Gasteiger partial charge in [-0.3, -0.25) is 9.69 Å². The lowest BCUT2D eigenvalue weighted by atomic mass is 9.97. The largest absolute Gasteiger partial charge is 0.493 e. The normalized spacial score (nSPS) is 21.4. The summed E-state index contributed by atoms with van der Waals surface area (Å²) in [6.45, 7) is 6.89. The van der Waals surface area contributed by atoms with Gasteiger partial charge < -0.3 is 19.3 Å². The molecule has 6 heteroatoms. The van der Waals surface area contributed by atoms with Crippen molar-refractivity contribution in [3.8, 4) is 11.5 Å². The molecule has 1 aromatic rings. The Kier molecular flexibility index (Phi) is 7.78. The number of carbonyl (C=O) groups excluding carboxylic acids is 1. The lowest BCUT2D eigenvalue weighted by Crippen LogP contribution is -2.53. The van der Waals surface area contributed by atoms with E-state index >= 15 is 0 Å². The number of benzene rings is 1. The molecule has 29 heavy (non-hydrogen) atoms. The Bertz CT molecular complexity index is 673. The Morgan fingerprint density at radius 3 is 2.48 bits per heavy atom. The molecule has 0 spiro atoms. The van der Waals surface area contributed by atoms with E-state index in [-0.39, 0.29) is 5.91 Å². The number of hydrogen-bond donors (Lipinski definition) is 0. The maximum absolute atomic E-state index is 11.6. The van der Waals surface area contributed by atoms with Crippen molar-refractivity contribution in [3.05, 3.63) is 23.8 Å². The van der Waals surface area contributed by atoms with Gasteiger partial charge in [-0.2, -0.15) is 0 Å². The first-order valence-electron chi connectivity index (χ1n) is 10.9. The highest BCUT2D eigenvalue weighted by Gasteiger charge is 2.30. The summed E-state index contributed by atoms with van der Waals surface area (Å²) in [7, 11) is 5.61. The van der Waals surface area contributed by atoms with Gasteiger partial charge in [0, 0.05) is 45.2 Å². The zero-order valence-electron chi connectivity index (χ0n) is 18.5. The summed E-state index contributed by atoms with van der Waals surface area (Å²) >= 11 is 0. The number of amides is 1. The zero-order valence-corrected chi connectivity index (χ0v) is 18.5. The first-order valence-corrected chi connectivity index (χ1v) is 10.9. The first-order chi connectivity index (χ1) is 14.0. The second kappa shape index (κ2) is 10.3. The summed E-state index contributed by atoms with van der Waals surface area (Å²) < 4.78 is 10.8. The van der Waals surface area contributed by atoms with Crippen LogP contribution in [0.25, 0.3) is 0 Å². The molecule has 2 saturated heterocycles. The third kappa shape index (κ3) is 5.64. The average Bonchev–Trinajstić information content (AvgIpc) is 2.77. The fraction of sp³-hybridized carbons (Fsp3) is 0.696. The number of ether oxygens (including phenoxy) is 2. The monoisotopic (exact) mass is 403 g/mol. The molecule has 2 heterocycles. The lowest BCUT2D eigenvalue weighted by molar-refractivity contribution is -0.130. The second-order valence-electron chi connectivity index (χ2n) is 8.45. The third-order valence-electron chi connectivity index (χ3n) is 6.68. The van der Waals surface area contributed by atoms with Crippen LogP contribution in [0, 0.1) is 0 Å². The molecule has 0 aliphatic carbocycles. The topological polar surface area (TPSA) is 45.2 Å². The molecule has 1 amide bonds. The maximum Gasteiger partial charge on any atom is 0.219 e. The van der Waals surface area contributed by atoms with Gasteiger partial charge in [-0.25, -0.2) is 0 Å². The van der Waals surface area contributed by atoms with Crippen molar-refractivity contribution in [3.63, 3.8) is 0 Å². The number of likely N-dealkylation sites (N-methyl/N-ethyl adjacent to an activating group) is 1. The SMILES string of the molecule is COc1ccc(CCN(C)[C@H]2CCCN(C3CCN(C(C)=O)CC3)C2)cc1OC. The van der Waals surface area contributed by atoms with Gasteiger partial charge in [0.15, 0.2) is 11.5 Å². The Hall–Kier alpha value is -1.79. The van der Waals surface area contributed by atoms with Crippen molar-refractivity contribution < 1.29 is 14.3 Å². The molecule has 2 aliphatic rings. The van der Waals surface area contributed by atoms with Crippen LogP contribution in [-0.2, 0) is 11.2 Å². The van der Waals surface area contributed by atoms with Crippen LogP contribution in [-0.4, -0.2) is 86.7 Å². The average molecular weight is 404 g/mol. The zero-order chi connectivity index (χ0) is 20.8. The fourth-order valence-electron chi connectivity index (χ4n) is 4.74. The molecule has 0 bridgehead atoms. The summed E-state index contributed by atoms with van der Waals surface area (Å²) in [6, 6.07) is 7.44. The molecule has 1 aromatic carbocycles. The molecular formula is C23H37N3O3. The molecule has 0 radical (unpaired) electrons. The lowest BCUT2D eigenvalue weighted by Gasteiger charge is -2.44. The highest BCUT2D eigenvalue weighted by atomic mass is 16.5. The van der Waals surface area contributed by atoms with Crippen molar-refractivity contribution in [1.29, 1.82) is 0 Å². The summed E-state index contributed by atoms with van der Waals surface area (Å²) in [5.41, 5.74) is 1.28. The van der Waals surface area contributed by atoms with Crippen LogP contribution < -0.4 is 9.47 Å². The summed E-state index contributed by atoms with van der Waals surface area (Å²) in [5, 5.41) is 0. The molecule has 2 fully saturated rings. The molecule has 1 atom stereocenters. The second-order valence-corrected chi connectivity index (χ2v) is 8.45. The van der Waals surface area contributed by atoms with Crippen LogP contribution in [0.2, 0.25) is 0 Å². The van der Waals surface area contributed by atoms with Gasteiger partial charge in [-0.15, -0.1) is 0 Å². The van der Waals surface area contributed by atoms with E-state index in [1.165, 1.54) is 24.9 Å². The molecule has 0 unspecified atom stereocenters. The number of likely N-dealkylation sites (tertiary alicyclic amines) is 2. The third-order valence-corrected chi connectivity index (χ3v) is 6.68. The predicted octanol–water partition coefficient (Wildman–Crippen LogP) is 2.65. The van der Waals surface area contributed by atoms with E-state index in [0.717, 1.165) is 56.9 Å². The van der Waals surface area contributed by atoms with Crippen molar-refractivity contribution >= 4 is 5.91 Å². The van der Waals surface area contributed by atoms with Crippen LogP contribution in [0.5, 0.6) is 11.5 Å². The summed E-state index contributed by atoms with van der Waals surface area (Å²) in [6.07, 6.45) is 5.76. The molecule has 0 N–H and O–H groups in total. The van der Waals surface area contributed by atoms with Crippen molar-refractivity contribution in [2.24, 2.45) is 0 Å². The highest BCUT2D eigenvalue weighted by molar-refractivity contribution is 5.73. The first kappa shape index (κ1) is 21.9. The van der Waals surface area contributed by atoms with E-state index < -0.39 is 0 Å². The van der Waals surface area contributed by atoms with Crippen molar-refractivity contribution in [2.75, 3.05) is 54.0 Å². The van der Waals surface area contributed by atoms with Crippen LogP contribution in [0.3, 0.4) is 0 Å². The molecule has 0 aromatic heterocycles. The Morgan fingerprint density at radius 1 is 1.10 bits per heavy atom. The highest BCUT2D eigenvalue weighted by Crippen LogP contribution is 2.28. The van der Waals surface area contributed by atoms with E-state index in [9.17, 15) is 4.79 Å². The van der Waals surface area contributed by atoms with Gasteiger partial charge in [0.05, 0.1) is 14.2 Å². The van der Waals surface area contributed by atoms with Crippen LogP contribution in [0.4, 0.5) is 0 Å². The molecular weight excluding hydrogens is 366 g/mol. The predicted molar refractivity (Wildman–Crippen MR) is 116 cm³/mol. The van der Waals surface area contributed by atoms with E-state index in [4.69, 9.17) is 9.47 Å². The fourth-order valence-corrected chi connectivity index (χ4v) is 4.74. The van der Waals surface area contributed by atoms with Crippen molar-refractivity contribution in [2.45, 2.75) is 51.1 Å².